The third-order valence-corrected chi connectivity index (χ3v) is 8.62. The SMILES string of the molecule is CCCCSc1c(CC(=O)OCC)c(Sc2ccccc2)c(C#N)c(C#N)c1Sc1ccccc1. The van der Waals surface area contributed by atoms with Crippen LogP contribution >= 0.6 is 35.3 Å². The largest absolute Gasteiger partial charge is 0.466 e. The van der Waals surface area contributed by atoms with Gasteiger partial charge in [-0.3, -0.25) is 4.79 Å². The van der Waals surface area contributed by atoms with Crippen molar-refractivity contribution in [1.82, 2.24) is 0 Å². The molecule has 0 aliphatic rings. The number of unbranched alkanes of at least 4 members (excludes halogenated alkanes) is 1. The van der Waals surface area contributed by atoms with Crippen molar-refractivity contribution < 1.29 is 9.53 Å². The molecule has 0 amide bonds. The van der Waals surface area contributed by atoms with Crippen molar-refractivity contribution in [3.05, 3.63) is 77.4 Å². The summed E-state index contributed by atoms with van der Waals surface area (Å²) < 4.78 is 5.31. The Morgan fingerprint density at radius 3 is 1.89 bits per heavy atom. The van der Waals surface area contributed by atoms with Crippen LogP contribution in [-0.2, 0) is 16.0 Å². The Labute approximate surface area is 220 Å². The minimum atomic E-state index is -0.344. The number of carbonyl (C=O) groups excluding carboxylic acids is 1. The van der Waals surface area contributed by atoms with E-state index in [4.69, 9.17) is 4.74 Å². The lowest BCUT2D eigenvalue weighted by atomic mass is 10.0. The van der Waals surface area contributed by atoms with E-state index in [-0.39, 0.29) is 19.0 Å². The maximum Gasteiger partial charge on any atom is 0.310 e. The van der Waals surface area contributed by atoms with Gasteiger partial charge >= 0.3 is 5.97 Å². The third-order valence-electron chi connectivity index (χ3n) is 4.98. The van der Waals surface area contributed by atoms with Crippen LogP contribution in [0.2, 0.25) is 0 Å². The number of nitriles is 2. The molecule has 0 N–H and O–H groups in total. The first-order valence-corrected chi connectivity index (χ1v) is 14.0. The van der Waals surface area contributed by atoms with Gasteiger partial charge in [0.2, 0.25) is 0 Å². The third kappa shape index (κ3) is 7.08. The van der Waals surface area contributed by atoms with Crippen LogP contribution in [0.1, 0.15) is 43.4 Å². The van der Waals surface area contributed by atoms with Crippen molar-refractivity contribution in [2.24, 2.45) is 0 Å². The number of hydrogen-bond acceptors (Lipinski definition) is 7. The number of rotatable bonds is 11. The van der Waals surface area contributed by atoms with Gasteiger partial charge in [0, 0.05) is 24.5 Å². The maximum absolute atomic E-state index is 12.7. The van der Waals surface area contributed by atoms with E-state index in [1.807, 2.05) is 60.7 Å². The molecule has 0 heterocycles. The first-order valence-electron chi connectivity index (χ1n) is 11.4. The van der Waals surface area contributed by atoms with Crippen LogP contribution in [0.5, 0.6) is 0 Å². The standard InChI is InChI=1S/C28H26N2O2S3/c1-3-5-16-33-27-22(17-25(31)32-4-2)26(34-20-12-8-6-9-13-20)23(18-29)24(19-30)28(27)35-21-14-10-7-11-15-21/h6-15H,3-5,16-17H2,1-2H3. The van der Waals surface area contributed by atoms with Crippen molar-refractivity contribution in [2.75, 3.05) is 12.4 Å². The highest BCUT2D eigenvalue weighted by Gasteiger charge is 2.27. The summed E-state index contributed by atoms with van der Waals surface area (Å²) in [6.45, 7) is 4.20. The Morgan fingerprint density at radius 2 is 1.37 bits per heavy atom. The van der Waals surface area contributed by atoms with Crippen molar-refractivity contribution in [2.45, 2.75) is 57.6 Å². The Bertz CT molecular complexity index is 1230. The van der Waals surface area contributed by atoms with Gasteiger partial charge in [0.1, 0.15) is 12.1 Å². The highest BCUT2D eigenvalue weighted by Crippen LogP contribution is 2.47. The van der Waals surface area contributed by atoms with E-state index in [0.717, 1.165) is 43.7 Å². The summed E-state index contributed by atoms with van der Waals surface area (Å²) in [7, 11) is 0. The minimum Gasteiger partial charge on any atom is -0.466 e. The Morgan fingerprint density at radius 1 is 0.829 bits per heavy atom. The van der Waals surface area contributed by atoms with Gasteiger partial charge in [-0.15, -0.1) is 11.8 Å². The summed E-state index contributed by atoms with van der Waals surface area (Å²) >= 11 is 4.53. The molecule has 0 aromatic heterocycles. The van der Waals surface area contributed by atoms with Gasteiger partial charge in [-0.05, 0) is 48.9 Å². The van der Waals surface area contributed by atoms with Gasteiger partial charge in [0.05, 0.1) is 24.2 Å². The average Bonchev–Trinajstić information content (AvgIpc) is 2.88. The van der Waals surface area contributed by atoms with Crippen LogP contribution < -0.4 is 0 Å². The second-order valence-electron chi connectivity index (χ2n) is 7.45. The highest BCUT2D eigenvalue weighted by atomic mass is 32.2. The molecule has 0 atom stereocenters. The summed E-state index contributed by atoms with van der Waals surface area (Å²) in [5.74, 6) is 0.505. The quantitative estimate of drug-likeness (QED) is 0.146. The molecule has 0 saturated carbocycles. The fraction of sp³-hybridized carbons (Fsp3) is 0.250. The first-order chi connectivity index (χ1) is 17.1. The van der Waals surface area contributed by atoms with Gasteiger partial charge in [0.15, 0.2) is 0 Å². The van der Waals surface area contributed by atoms with Crippen molar-refractivity contribution in [3.8, 4) is 12.1 Å². The molecule has 0 fully saturated rings. The van der Waals surface area contributed by atoms with Gasteiger partial charge in [0.25, 0.3) is 0 Å². The number of esters is 1. The van der Waals surface area contributed by atoms with Crippen molar-refractivity contribution in [1.29, 1.82) is 10.5 Å². The number of carbonyl (C=O) groups is 1. The molecule has 0 aliphatic heterocycles. The summed E-state index contributed by atoms with van der Waals surface area (Å²) in [5, 5.41) is 20.4. The van der Waals surface area contributed by atoms with E-state index in [1.165, 1.54) is 23.5 Å². The lowest BCUT2D eigenvalue weighted by Crippen LogP contribution is -2.12. The topological polar surface area (TPSA) is 73.9 Å². The smallest absolute Gasteiger partial charge is 0.310 e. The number of benzene rings is 3. The number of hydrogen-bond donors (Lipinski definition) is 0. The molecule has 35 heavy (non-hydrogen) atoms. The zero-order valence-corrected chi connectivity index (χ0v) is 22.2. The first kappa shape index (κ1) is 26.8. The Hall–Kier alpha value is -2.84. The predicted molar refractivity (Wildman–Crippen MR) is 143 cm³/mol. The summed E-state index contributed by atoms with van der Waals surface area (Å²) in [4.78, 5) is 16.9. The summed E-state index contributed by atoms with van der Waals surface area (Å²) in [6, 6.07) is 24.1. The van der Waals surface area contributed by atoms with Crippen LogP contribution in [0.15, 0.2) is 85.1 Å². The fourth-order valence-electron chi connectivity index (χ4n) is 3.36. The zero-order valence-electron chi connectivity index (χ0n) is 19.7. The fourth-order valence-corrected chi connectivity index (χ4v) is 7.01. The maximum atomic E-state index is 12.7. The zero-order chi connectivity index (χ0) is 25.0. The molecular formula is C28H26N2O2S3. The summed E-state index contributed by atoms with van der Waals surface area (Å²) in [6.07, 6.45) is 2.08. The molecule has 0 bridgehead atoms. The molecule has 3 aromatic rings. The van der Waals surface area contributed by atoms with E-state index in [2.05, 4.69) is 19.1 Å². The normalized spacial score (nSPS) is 10.4. The van der Waals surface area contributed by atoms with E-state index >= 15 is 0 Å². The molecule has 178 valence electrons. The van der Waals surface area contributed by atoms with E-state index in [9.17, 15) is 15.3 Å². The predicted octanol–water partition coefficient (Wildman–Crippen LogP) is 7.73. The molecule has 3 aromatic carbocycles. The van der Waals surface area contributed by atoms with Crippen LogP contribution in [0, 0.1) is 22.7 Å². The average molecular weight is 519 g/mol. The van der Waals surface area contributed by atoms with Gasteiger partial charge in [-0.1, -0.05) is 73.3 Å². The molecule has 0 aliphatic carbocycles. The molecule has 4 nitrogen and oxygen atoms in total. The molecule has 0 radical (unpaired) electrons. The molecule has 7 heteroatoms. The van der Waals surface area contributed by atoms with Gasteiger partial charge in [-0.2, -0.15) is 10.5 Å². The molecule has 0 unspecified atom stereocenters. The minimum absolute atomic E-state index is 0.0419. The second-order valence-corrected chi connectivity index (χ2v) is 10.7. The van der Waals surface area contributed by atoms with Crippen molar-refractivity contribution in [3.63, 3.8) is 0 Å². The van der Waals surface area contributed by atoms with Crippen LogP contribution in [0.4, 0.5) is 0 Å². The van der Waals surface area contributed by atoms with Gasteiger partial charge < -0.3 is 4.74 Å². The number of nitrogens with zero attached hydrogens (tertiary/aromatic N) is 2. The Balaban J connectivity index is 2.29. The van der Waals surface area contributed by atoms with Gasteiger partial charge in [-0.25, -0.2) is 0 Å². The molecular weight excluding hydrogens is 493 g/mol. The van der Waals surface area contributed by atoms with Crippen LogP contribution in [0.3, 0.4) is 0 Å². The number of thioether (sulfide) groups is 1. The van der Waals surface area contributed by atoms with E-state index in [0.29, 0.717) is 16.0 Å². The van der Waals surface area contributed by atoms with Crippen molar-refractivity contribution >= 4 is 41.3 Å². The highest BCUT2D eigenvalue weighted by molar-refractivity contribution is 8.02. The molecule has 3 rings (SSSR count). The lowest BCUT2D eigenvalue weighted by Gasteiger charge is -2.21. The second kappa shape index (κ2) is 13.9. The van der Waals surface area contributed by atoms with E-state index < -0.39 is 0 Å². The molecule has 0 saturated heterocycles. The monoisotopic (exact) mass is 518 g/mol. The Kier molecular flexibility index (Phi) is 10.6. The van der Waals surface area contributed by atoms with Crippen LogP contribution in [-0.4, -0.2) is 18.3 Å². The molecule has 0 spiro atoms. The lowest BCUT2D eigenvalue weighted by molar-refractivity contribution is -0.142. The van der Waals surface area contributed by atoms with E-state index in [1.54, 1.807) is 18.7 Å². The summed E-state index contributed by atoms with van der Waals surface area (Å²) in [5.41, 5.74) is 1.41. The number of ether oxygens (including phenoxy) is 1. The van der Waals surface area contributed by atoms with Crippen LogP contribution in [0.25, 0.3) is 0 Å².